The summed E-state index contributed by atoms with van der Waals surface area (Å²) in [7, 11) is 0. The largest absolute Gasteiger partial charge is 0.317 e. The lowest BCUT2D eigenvalue weighted by molar-refractivity contribution is 0.478. The molecule has 1 aromatic heterocycles. The van der Waals surface area contributed by atoms with Crippen molar-refractivity contribution in [1.82, 2.24) is 15.1 Å². The minimum Gasteiger partial charge on any atom is -0.317 e. The second-order valence-corrected chi connectivity index (χ2v) is 5.78. The molecule has 0 aliphatic carbocycles. The lowest BCUT2D eigenvalue weighted by atomic mass is 9.93. The van der Waals surface area contributed by atoms with E-state index in [9.17, 15) is 0 Å². The molecule has 0 aliphatic rings. The molecule has 0 aliphatic heterocycles. The summed E-state index contributed by atoms with van der Waals surface area (Å²) >= 11 is 0. The third kappa shape index (κ3) is 5.01. The number of rotatable bonds is 8. The summed E-state index contributed by atoms with van der Waals surface area (Å²) in [4.78, 5) is 0. The van der Waals surface area contributed by atoms with Gasteiger partial charge in [-0.2, -0.15) is 5.10 Å². The zero-order valence-electron chi connectivity index (χ0n) is 13.5. The molecular formula is C18H27N3. The van der Waals surface area contributed by atoms with E-state index < -0.39 is 0 Å². The topological polar surface area (TPSA) is 29.9 Å². The van der Waals surface area contributed by atoms with E-state index in [1.807, 2.05) is 10.9 Å². The zero-order valence-corrected chi connectivity index (χ0v) is 13.5. The zero-order chi connectivity index (χ0) is 15.1. The smallest absolute Gasteiger partial charge is 0.0521 e. The van der Waals surface area contributed by atoms with Gasteiger partial charge in [-0.25, -0.2) is 0 Å². The second kappa shape index (κ2) is 7.99. The Hall–Kier alpha value is -1.61. The summed E-state index contributed by atoms with van der Waals surface area (Å²) in [6.45, 7) is 9.47. The van der Waals surface area contributed by atoms with Crippen LogP contribution in [0, 0.1) is 12.8 Å². The van der Waals surface area contributed by atoms with Crippen molar-refractivity contribution in [2.75, 3.05) is 13.1 Å². The Morgan fingerprint density at radius 1 is 1.19 bits per heavy atom. The number of aryl methyl sites for hydroxylation is 2. The van der Waals surface area contributed by atoms with Gasteiger partial charge in [0.25, 0.3) is 0 Å². The first-order chi connectivity index (χ1) is 10.2. The molecule has 2 rings (SSSR count). The molecule has 114 valence electrons. The minimum absolute atomic E-state index is 0.612. The first-order valence-electron chi connectivity index (χ1n) is 7.98. The Balaban J connectivity index is 2.03. The molecule has 1 atom stereocenters. The highest BCUT2D eigenvalue weighted by molar-refractivity contribution is 5.23. The first-order valence-corrected chi connectivity index (χ1v) is 7.98. The number of aromatic nitrogens is 2. The molecule has 2 aromatic rings. The van der Waals surface area contributed by atoms with Crippen LogP contribution in [0.15, 0.2) is 36.7 Å². The molecule has 3 nitrogen and oxygen atoms in total. The van der Waals surface area contributed by atoms with Crippen LogP contribution in [-0.4, -0.2) is 22.9 Å². The Kier molecular flexibility index (Phi) is 6.00. The molecule has 0 bridgehead atoms. The fourth-order valence-electron chi connectivity index (χ4n) is 2.76. The van der Waals surface area contributed by atoms with E-state index in [0.29, 0.717) is 5.92 Å². The standard InChI is InChI=1S/C18H27N3/c1-4-19-12-17(10-16-8-6-7-15(3)9-16)11-18-13-20-21(5-2)14-18/h6-9,13-14,17,19H,4-5,10-12H2,1-3H3. The van der Waals surface area contributed by atoms with Gasteiger partial charge in [0.1, 0.15) is 0 Å². The van der Waals surface area contributed by atoms with Gasteiger partial charge in [0.15, 0.2) is 0 Å². The van der Waals surface area contributed by atoms with Gasteiger partial charge in [-0.3, -0.25) is 4.68 Å². The number of hydrogen-bond acceptors (Lipinski definition) is 2. The maximum Gasteiger partial charge on any atom is 0.0521 e. The van der Waals surface area contributed by atoms with E-state index in [1.54, 1.807) is 0 Å². The van der Waals surface area contributed by atoms with Crippen LogP contribution < -0.4 is 5.32 Å². The van der Waals surface area contributed by atoms with Gasteiger partial charge in [-0.1, -0.05) is 36.8 Å². The summed E-state index contributed by atoms with van der Waals surface area (Å²) in [5.74, 6) is 0.612. The first kappa shape index (κ1) is 15.8. The van der Waals surface area contributed by atoms with Crippen molar-refractivity contribution in [1.29, 1.82) is 0 Å². The molecule has 0 fully saturated rings. The normalized spacial score (nSPS) is 12.5. The highest BCUT2D eigenvalue weighted by atomic mass is 15.3. The molecule has 0 radical (unpaired) electrons. The quantitative estimate of drug-likeness (QED) is 0.807. The average Bonchev–Trinajstić information content (AvgIpc) is 2.92. The van der Waals surface area contributed by atoms with Gasteiger partial charge < -0.3 is 5.32 Å². The Bertz CT molecular complexity index is 545. The van der Waals surface area contributed by atoms with Gasteiger partial charge in [0, 0.05) is 12.7 Å². The van der Waals surface area contributed by atoms with Gasteiger partial charge in [-0.15, -0.1) is 0 Å². The van der Waals surface area contributed by atoms with Crippen molar-refractivity contribution < 1.29 is 0 Å². The summed E-state index contributed by atoms with van der Waals surface area (Å²) in [5, 5.41) is 7.88. The predicted molar refractivity (Wildman–Crippen MR) is 88.5 cm³/mol. The molecule has 1 unspecified atom stereocenters. The Morgan fingerprint density at radius 3 is 2.67 bits per heavy atom. The van der Waals surface area contributed by atoms with Crippen molar-refractivity contribution in [3.63, 3.8) is 0 Å². The van der Waals surface area contributed by atoms with Crippen molar-refractivity contribution in [2.45, 2.75) is 40.2 Å². The third-order valence-electron chi connectivity index (χ3n) is 3.82. The summed E-state index contributed by atoms with van der Waals surface area (Å²) in [5.41, 5.74) is 4.11. The second-order valence-electron chi connectivity index (χ2n) is 5.78. The van der Waals surface area contributed by atoms with E-state index in [2.05, 4.69) is 61.6 Å². The maximum atomic E-state index is 4.39. The van der Waals surface area contributed by atoms with Gasteiger partial charge >= 0.3 is 0 Å². The molecule has 0 amide bonds. The highest BCUT2D eigenvalue weighted by Gasteiger charge is 2.12. The number of nitrogens with zero attached hydrogens (tertiary/aromatic N) is 2. The summed E-state index contributed by atoms with van der Waals surface area (Å²) < 4.78 is 2.01. The fourth-order valence-corrected chi connectivity index (χ4v) is 2.76. The number of nitrogens with one attached hydrogen (secondary N) is 1. The molecule has 21 heavy (non-hydrogen) atoms. The lowest BCUT2D eigenvalue weighted by Gasteiger charge is -2.17. The summed E-state index contributed by atoms with van der Waals surface area (Å²) in [6.07, 6.45) is 6.39. The van der Waals surface area contributed by atoms with E-state index in [4.69, 9.17) is 0 Å². The van der Waals surface area contributed by atoms with Crippen molar-refractivity contribution in [3.05, 3.63) is 53.3 Å². The monoisotopic (exact) mass is 285 g/mol. The van der Waals surface area contributed by atoms with Crippen LogP contribution in [0.1, 0.15) is 30.5 Å². The maximum absolute atomic E-state index is 4.39. The van der Waals surface area contributed by atoms with Crippen LogP contribution in [0.4, 0.5) is 0 Å². The lowest BCUT2D eigenvalue weighted by Crippen LogP contribution is -2.25. The number of benzene rings is 1. The van der Waals surface area contributed by atoms with E-state index >= 15 is 0 Å². The van der Waals surface area contributed by atoms with Crippen LogP contribution >= 0.6 is 0 Å². The molecule has 0 spiro atoms. The van der Waals surface area contributed by atoms with E-state index in [-0.39, 0.29) is 0 Å². The van der Waals surface area contributed by atoms with Crippen molar-refractivity contribution in [2.24, 2.45) is 5.92 Å². The van der Waals surface area contributed by atoms with Crippen molar-refractivity contribution >= 4 is 0 Å². The molecule has 0 saturated carbocycles. The Morgan fingerprint density at radius 2 is 2.00 bits per heavy atom. The highest BCUT2D eigenvalue weighted by Crippen LogP contribution is 2.15. The van der Waals surface area contributed by atoms with E-state index in [1.165, 1.54) is 16.7 Å². The van der Waals surface area contributed by atoms with Crippen LogP contribution in [0.5, 0.6) is 0 Å². The fraction of sp³-hybridized carbons (Fsp3) is 0.500. The van der Waals surface area contributed by atoms with E-state index in [0.717, 1.165) is 32.5 Å². The van der Waals surface area contributed by atoms with Crippen molar-refractivity contribution in [3.8, 4) is 0 Å². The Labute approximate surface area is 128 Å². The minimum atomic E-state index is 0.612. The molecule has 0 saturated heterocycles. The van der Waals surface area contributed by atoms with Gasteiger partial charge in [0.05, 0.1) is 6.20 Å². The van der Waals surface area contributed by atoms with Gasteiger partial charge in [0.2, 0.25) is 0 Å². The SMILES string of the molecule is CCNCC(Cc1cccc(C)c1)Cc1cnn(CC)c1. The molecule has 1 N–H and O–H groups in total. The third-order valence-corrected chi connectivity index (χ3v) is 3.82. The number of hydrogen-bond donors (Lipinski definition) is 1. The molecule has 1 aromatic carbocycles. The van der Waals surface area contributed by atoms with Crippen LogP contribution in [0.3, 0.4) is 0 Å². The van der Waals surface area contributed by atoms with Crippen LogP contribution in [0.25, 0.3) is 0 Å². The van der Waals surface area contributed by atoms with Crippen LogP contribution in [0.2, 0.25) is 0 Å². The summed E-state index contributed by atoms with van der Waals surface area (Å²) in [6, 6.07) is 8.86. The van der Waals surface area contributed by atoms with Gasteiger partial charge in [-0.05, 0) is 56.8 Å². The molecule has 1 heterocycles. The molecule has 3 heteroatoms. The van der Waals surface area contributed by atoms with Crippen LogP contribution in [-0.2, 0) is 19.4 Å². The molecular weight excluding hydrogens is 258 g/mol. The average molecular weight is 285 g/mol. The predicted octanol–water partition coefficient (Wildman–Crippen LogP) is 3.22.